The van der Waals surface area contributed by atoms with Crippen LogP contribution in [0.15, 0.2) is 12.1 Å². The molecule has 21 heavy (non-hydrogen) atoms. The molecule has 0 aliphatic heterocycles. The SMILES string of the molecule is CC(C)c1ccc(CNCC(=O)CC(C)(C)C)c(F)c1F. The first kappa shape index (κ1) is 17.8. The molecule has 0 saturated carbocycles. The normalized spacial score (nSPS) is 12.0. The van der Waals surface area contributed by atoms with Crippen LogP contribution in [0, 0.1) is 17.0 Å². The minimum atomic E-state index is -0.822. The first-order valence-corrected chi connectivity index (χ1v) is 7.31. The largest absolute Gasteiger partial charge is 0.306 e. The lowest BCUT2D eigenvalue weighted by Crippen LogP contribution is -2.26. The summed E-state index contributed by atoms with van der Waals surface area (Å²) in [6.45, 7) is 9.93. The molecular weight excluding hydrogens is 272 g/mol. The first-order valence-electron chi connectivity index (χ1n) is 7.31. The number of nitrogens with one attached hydrogen (secondary N) is 1. The molecule has 4 heteroatoms. The van der Waals surface area contributed by atoms with Crippen molar-refractivity contribution in [3.05, 3.63) is 34.9 Å². The molecule has 0 fully saturated rings. The summed E-state index contributed by atoms with van der Waals surface area (Å²) >= 11 is 0. The van der Waals surface area contributed by atoms with E-state index >= 15 is 0 Å². The van der Waals surface area contributed by atoms with Crippen molar-refractivity contribution in [1.82, 2.24) is 5.32 Å². The average molecular weight is 297 g/mol. The lowest BCUT2D eigenvalue weighted by Gasteiger charge is -2.17. The molecule has 1 aromatic carbocycles. The summed E-state index contributed by atoms with van der Waals surface area (Å²) in [5.41, 5.74) is 0.565. The Kier molecular flexibility index (Phi) is 6.02. The lowest BCUT2D eigenvalue weighted by molar-refractivity contribution is -0.119. The predicted molar refractivity (Wildman–Crippen MR) is 81.2 cm³/mol. The molecule has 2 nitrogen and oxygen atoms in total. The summed E-state index contributed by atoms with van der Waals surface area (Å²) in [6.07, 6.45) is 0.461. The molecule has 0 spiro atoms. The summed E-state index contributed by atoms with van der Waals surface area (Å²) < 4.78 is 27.8. The fourth-order valence-corrected chi connectivity index (χ4v) is 2.18. The second kappa shape index (κ2) is 7.12. The molecule has 0 radical (unpaired) electrons. The number of rotatable bonds is 6. The van der Waals surface area contributed by atoms with Gasteiger partial charge < -0.3 is 5.32 Å². The van der Waals surface area contributed by atoms with E-state index in [4.69, 9.17) is 0 Å². The Morgan fingerprint density at radius 3 is 2.33 bits per heavy atom. The van der Waals surface area contributed by atoms with Gasteiger partial charge in [0.1, 0.15) is 5.78 Å². The molecule has 118 valence electrons. The van der Waals surface area contributed by atoms with Crippen LogP contribution in [0.25, 0.3) is 0 Å². The molecule has 0 aliphatic rings. The van der Waals surface area contributed by atoms with E-state index < -0.39 is 11.6 Å². The molecule has 0 amide bonds. The summed E-state index contributed by atoms with van der Waals surface area (Å²) in [7, 11) is 0. The monoisotopic (exact) mass is 297 g/mol. The highest BCUT2D eigenvalue weighted by molar-refractivity contribution is 5.80. The molecule has 0 aromatic heterocycles. The van der Waals surface area contributed by atoms with Crippen LogP contribution in [0.4, 0.5) is 8.78 Å². The van der Waals surface area contributed by atoms with Crippen molar-refractivity contribution in [2.45, 2.75) is 53.5 Å². The van der Waals surface area contributed by atoms with Crippen molar-refractivity contribution in [2.24, 2.45) is 5.41 Å². The van der Waals surface area contributed by atoms with Crippen LogP contribution in [-0.2, 0) is 11.3 Å². The van der Waals surface area contributed by atoms with Gasteiger partial charge >= 0.3 is 0 Å². The van der Waals surface area contributed by atoms with E-state index in [0.29, 0.717) is 12.0 Å². The van der Waals surface area contributed by atoms with E-state index in [0.717, 1.165) is 0 Å². The minimum Gasteiger partial charge on any atom is -0.306 e. The van der Waals surface area contributed by atoms with Crippen LogP contribution < -0.4 is 5.32 Å². The summed E-state index contributed by atoms with van der Waals surface area (Å²) in [5.74, 6) is -1.60. The topological polar surface area (TPSA) is 29.1 Å². The van der Waals surface area contributed by atoms with Gasteiger partial charge in [-0.3, -0.25) is 4.79 Å². The number of ketones is 1. The molecule has 0 aliphatic carbocycles. The zero-order valence-corrected chi connectivity index (χ0v) is 13.5. The van der Waals surface area contributed by atoms with Gasteiger partial charge in [0.05, 0.1) is 6.54 Å². The van der Waals surface area contributed by atoms with Gasteiger partial charge in [0, 0.05) is 18.5 Å². The van der Waals surface area contributed by atoms with Crippen LogP contribution in [0.2, 0.25) is 0 Å². The van der Waals surface area contributed by atoms with E-state index in [1.54, 1.807) is 12.1 Å². The summed E-state index contributed by atoms with van der Waals surface area (Å²) in [6, 6.07) is 3.19. The number of carbonyl (C=O) groups is 1. The van der Waals surface area contributed by atoms with Crippen LogP contribution >= 0.6 is 0 Å². The predicted octanol–water partition coefficient (Wildman–Crippen LogP) is 4.18. The van der Waals surface area contributed by atoms with Crippen LogP contribution in [-0.4, -0.2) is 12.3 Å². The van der Waals surface area contributed by atoms with Crippen molar-refractivity contribution in [3.63, 3.8) is 0 Å². The van der Waals surface area contributed by atoms with Crippen molar-refractivity contribution in [2.75, 3.05) is 6.54 Å². The number of carbonyl (C=O) groups excluding carboxylic acids is 1. The van der Waals surface area contributed by atoms with E-state index in [1.165, 1.54) is 0 Å². The number of halogens is 2. The van der Waals surface area contributed by atoms with Gasteiger partial charge in [-0.05, 0) is 16.9 Å². The second-order valence-corrected chi connectivity index (χ2v) is 6.98. The molecule has 1 aromatic rings. The molecule has 0 atom stereocenters. The Morgan fingerprint density at radius 2 is 1.81 bits per heavy atom. The van der Waals surface area contributed by atoms with Crippen LogP contribution in [0.3, 0.4) is 0 Å². The Bertz CT molecular complexity index is 504. The lowest BCUT2D eigenvalue weighted by atomic mass is 9.90. The average Bonchev–Trinajstić information content (AvgIpc) is 2.31. The van der Waals surface area contributed by atoms with Gasteiger partial charge in [-0.15, -0.1) is 0 Å². The molecule has 1 N–H and O–H groups in total. The van der Waals surface area contributed by atoms with E-state index in [-0.39, 0.29) is 35.8 Å². The summed E-state index contributed by atoms with van der Waals surface area (Å²) in [4.78, 5) is 11.7. The minimum absolute atomic E-state index is 0.0603. The standard InChI is InChI=1S/C17H25F2NO/c1-11(2)14-7-6-12(15(18)16(14)19)9-20-10-13(21)8-17(3,4)5/h6-7,11,20H,8-10H2,1-5H3. The maximum atomic E-state index is 13.9. The molecule has 0 unspecified atom stereocenters. The zero-order valence-electron chi connectivity index (χ0n) is 13.5. The van der Waals surface area contributed by atoms with Gasteiger partial charge in [-0.2, -0.15) is 0 Å². The van der Waals surface area contributed by atoms with Crippen molar-refractivity contribution in [3.8, 4) is 0 Å². The Labute approximate surface area is 125 Å². The van der Waals surface area contributed by atoms with Gasteiger partial charge in [-0.25, -0.2) is 8.78 Å². The molecule has 0 heterocycles. The number of benzene rings is 1. The Balaban J connectivity index is 2.61. The molecular formula is C17H25F2NO. The second-order valence-electron chi connectivity index (χ2n) is 6.98. The number of hydrogen-bond donors (Lipinski definition) is 1. The zero-order chi connectivity index (χ0) is 16.2. The molecule has 1 rings (SSSR count). The number of hydrogen-bond acceptors (Lipinski definition) is 2. The smallest absolute Gasteiger partial charge is 0.163 e. The third-order valence-corrected chi connectivity index (χ3v) is 3.18. The molecule has 0 bridgehead atoms. The first-order chi connectivity index (χ1) is 9.61. The highest BCUT2D eigenvalue weighted by atomic mass is 19.2. The van der Waals surface area contributed by atoms with E-state index in [2.05, 4.69) is 5.32 Å². The van der Waals surface area contributed by atoms with E-state index in [1.807, 2.05) is 34.6 Å². The van der Waals surface area contributed by atoms with Crippen LogP contribution in [0.5, 0.6) is 0 Å². The van der Waals surface area contributed by atoms with Gasteiger partial charge in [-0.1, -0.05) is 46.8 Å². The Hall–Kier alpha value is -1.29. The van der Waals surface area contributed by atoms with Crippen molar-refractivity contribution >= 4 is 5.78 Å². The quantitative estimate of drug-likeness (QED) is 0.853. The van der Waals surface area contributed by atoms with Gasteiger partial charge in [0.15, 0.2) is 11.6 Å². The fourth-order valence-electron chi connectivity index (χ4n) is 2.18. The third kappa shape index (κ3) is 5.54. The highest BCUT2D eigenvalue weighted by Crippen LogP contribution is 2.23. The summed E-state index contributed by atoms with van der Waals surface area (Å²) in [5, 5.41) is 2.88. The van der Waals surface area contributed by atoms with E-state index in [9.17, 15) is 13.6 Å². The van der Waals surface area contributed by atoms with Gasteiger partial charge in [0.2, 0.25) is 0 Å². The Morgan fingerprint density at radius 1 is 1.19 bits per heavy atom. The maximum absolute atomic E-state index is 13.9. The maximum Gasteiger partial charge on any atom is 0.163 e. The van der Waals surface area contributed by atoms with Crippen molar-refractivity contribution in [1.29, 1.82) is 0 Å². The van der Waals surface area contributed by atoms with Crippen LogP contribution in [0.1, 0.15) is 58.1 Å². The van der Waals surface area contributed by atoms with Crippen molar-refractivity contribution < 1.29 is 13.6 Å². The number of Topliss-reactive ketones (excluding diaryl/α,β-unsaturated/α-hetero) is 1. The van der Waals surface area contributed by atoms with Gasteiger partial charge in [0.25, 0.3) is 0 Å². The fraction of sp³-hybridized carbons (Fsp3) is 0.588. The highest BCUT2D eigenvalue weighted by Gasteiger charge is 2.17. The molecule has 0 saturated heterocycles. The third-order valence-electron chi connectivity index (χ3n) is 3.18.